The number of primary amides is 1. The van der Waals surface area contributed by atoms with E-state index in [-0.39, 0.29) is 30.9 Å². The summed E-state index contributed by atoms with van der Waals surface area (Å²) >= 11 is 0. The third-order valence-corrected chi connectivity index (χ3v) is 2.73. The maximum Gasteiger partial charge on any atom is 0.237 e. The van der Waals surface area contributed by atoms with Crippen molar-refractivity contribution >= 4 is 24.2 Å². The lowest BCUT2D eigenvalue weighted by Gasteiger charge is -2.21. The van der Waals surface area contributed by atoms with Crippen LogP contribution in [0.15, 0.2) is 30.3 Å². The smallest absolute Gasteiger partial charge is 0.237 e. The zero-order chi connectivity index (χ0) is 14.3. The molecule has 0 aliphatic carbocycles. The van der Waals surface area contributed by atoms with Crippen LogP contribution in [-0.4, -0.2) is 29.3 Å². The Balaban J connectivity index is 0.00000361. The molecule has 0 aliphatic rings. The van der Waals surface area contributed by atoms with Gasteiger partial charge in [-0.15, -0.1) is 12.4 Å². The summed E-state index contributed by atoms with van der Waals surface area (Å²) < 4.78 is 0. The minimum atomic E-state index is -0.509. The van der Waals surface area contributed by atoms with Crippen LogP contribution >= 0.6 is 12.4 Å². The highest BCUT2D eigenvalue weighted by Crippen LogP contribution is 2.07. The van der Waals surface area contributed by atoms with Crippen molar-refractivity contribution in [1.29, 1.82) is 0 Å². The highest BCUT2D eigenvalue weighted by molar-refractivity contribution is 5.85. The molecule has 1 unspecified atom stereocenters. The molecular formula is C14H22ClN3O2. The van der Waals surface area contributed by atoms with Crippen LogP contribution in [0.3, 0.4) is 0 Å². The Kier molecular flexibility index (Phi) is 8.59. The van der Waals surface area contributed by atoms with Crippen LogP contribution in [0.4, 0.5) is 0 Å². The molecule has 2 amide bonds. The van der Waals surface area contributed by atoms with Crippen LogP contribution in [0.1, 0.15) is 25.3 Å². The van der Waals surface area contributed by atoms with Gasteiger partial charge in [0.05, 0.1) is 6.54 Å². The van der Waals surface area contributed by atoms with Crippen molar-refractivity contribution in [2.24, 2.45) is 11.5 Å². The van der Waals surface area contributed by atoms with Gasteiger partial charge in [0.15, 0.2) is 0 Å². The highest BCUT2D eigenvalue weighted by Gasteiger charge is 2.16. The van der Waals surface area contributed by atoms with Gasteiger partial charge in [-0.2, -0.15) is 0 Å². The lowest BCUT2D eigenvalue weighted by atomic mass is 10.1. The standard InChI is InChI=1S/C14H21N3O2.ClH/c1-11(15)7-8-14(19)17(10-13(16)18)9-12-5-3-2-4-6-12;/h2-6,11H,7-10,15H2,1H3,(H2,16,18);1H. The van der Waals surface area contributed by atoms with Gasteiger partial charge in [-0.1, -0.05) is 30.3 Å². The number of halogens is 1. The van der Waals surface area contributed by atoms with E-state index in [4.69, 9.17) is 11.5 Å². The quantitative estimate of drug-likeness (QED) is 0.788. The fourth-order valence-electron chi connectivity index (χ4n) is 1.73. The summed E-state index contributed by atoms with van der Waals surface area (Å²) in [6, 6.07) is 9.48. The van der Waals surface area contributed by atoms with Crippen LogP contribution in [0.2, 0.25) is 0 Å². The highest BCUT2D eigenvalue weighted by atomic mass is 35.5. The molecule has 1 aromatic rings. The number of hydrogen-bond acceptors (Lipinski definition) is 3. The monoisotopic (exact) mass is 299 g/mol. The number of rotatable bonds is 7. The lowest BCUT2D eigenvalue weighted by Crippen LogP contribution is -2.38. The van der Waals surface area contributed by atoms with Gasteiger partial charge in [0, 0.05) is 19.0 Å². The van der Waals surface area contributed by atoms with Crippen molar-refractivity contribution in [2.45, 2.75) is 32.4 Å². The van der Waals surface area contributed by atoms with Crippen molar-refractivity contribution < 1.29 is 9.59 Å². The van der Waals surface area contributed by atoms with Gasteiger partial charge in [0.2, 0.25) is 11.8 Å². The fraction of sp³-hybridized carbons (Fsp3) is 0.429. The first-order valence-corrected chi connectivity index (χ1v) is 6.34. The van der Waals surface area contributed by atoms with E-state index >= 15 is 0 Å². The van der Waals surface area contributed by atoms with Gasteiger partial charge in [0.25, 0.3) is 0 Å². The molecule has 112 valence electrons. The van der Waals surface area contributed by atoms with E-state index in [2.05, 4.69) is 0 Å². The molecule has 0 fully saturated rings. The predicted octanol–water partition coefficient (Wildman–Crippen LogP) is 1.05. The molecule has 1 aromatic carbocycles. The zero-order valence-corrected chi connectivity index (χ0v) is 12.4. The molecule has 0 spiro atoms. The van der Waals surface area contributed by atoms with E-state index in [9.17, 15) is 9.59 Å². The second-order valence-electron chi connectivity index (χ2n) is 4.72. The summed E-state index contributed by atoms with van der Waals surface area (Å²) in [6.45, 7) is 2.18. The van der Waals surface area contributed by atoms with Crippen molar-refractivity contribution in [3.63, 3.8) is 0 Å². The summed E-state index contributed by atoms with van der Waals surface area (Å²) in [5.74, 6) is -0.606. The van der Waals surface area contributed by atoms with Crippen LogP contribution in [0.5, 0.6) is 0 Å². The molecule has 0 saturated heterocycles. The van der Waals surface area contributed by atoms with Gasteiger partial charge in [-0.25, -0.2) is 0 Å². The second-order valence-corrected chi connectivity index (χ2v) is 4.72. The van der Waals surface area contributed by atoms with Gasteiger partial charge < -0.3 is 16.4 Å². The van der Waals surface area contributed by atoms with Gasteiger partial charge in [0.1, 0.15) is 0 Å². The molecule has 0 radical (unpaired) electrons. The first-order valence-electron chi connectivity index (χ1n) is 6.34. The maximum atomic E-state index is 12.1. The molecule has 1 atom stereocenters. The number of nitrogens with two attached hydrogens (primary N) is 2. The average Bonchev–Trinajstić information content (AvgIpc) is 2.36. The lowest BCUT2D eigenvalue weighted by molar-refractivity contribution is -0.135. The van der Waals surface area contributed by atoms with Crippen molar-refractivity contribution in [3.8, 4) is 0 Å². The van der Waals surface area contributed by atoms with E-state index in [0.717, 1.165) is 5.56 Å². The Morgan fingerprint density at radius 2 is 1.85 bits per heavy atom. The van der Waals surface area contributed by atoms with E-state index in [1.165, 1.54) is 4.90 Å². The second kappa shape index (κ2) is 9.34. The average molecular weight is 300 g/mol. The summed E-state index contributed by atoms with van der Waals surface area (Å²) in [5, 5.41) is 0. The number of benzene rings is 1. The molecule has 0 saturated carbocycles. The van der Waals surface area contributed by atoms with Crippen LogP contribution in [0.25, 0.3) is 0 Å². The molecule has 4 N–H and O–H groups in total. The third-order valence-electron chi connectivity index (χ3n) is 2.73. The number of nitrogens with zero attached hydrogens (tertiary/aromatic N) is 1. The topological polar surface area (TPSA) is 89.4 Å². The largest absolute Gasteiger partial charge is 0.368 e. The predicted molar refractivity (Wildman–Crippen MR) is 81.2 cm³/mol. The molecule has 0 aromatic heterocycles. The number of carbonyl (C=O) groups is 2. The minimum Gasteiger partial charge on any atom is -0.368 e. The third kappa shape index (κ3) is 7.11. The Labute approximate surface area is 125 Å². The summed E-state index contributed by atoms with van der Waals surface area (Å²) in [4.78, 5) is 24.6. The Morgan fingerprint density at radius 3 is 2.35 bits per heavy atom. The van der Waals surface area contributed by atoms with E-state index in [0.29, 0.717) is 19.4 Å². The van der Waals surface area contributed by atoms with E-state index in [1.807, 2.05) is 37.3 Å². The molecule has 5 nitrogen and oxygen atoms in total. The first kappa shape index (κ1) is 18.4. The van der Waals surface area contributed by atoms with Gasteiger partial charge >= 0.3 is 0 Å². The van der Waals surface area contributed by atoms with Crippen molar-refractivity contribution in [2.75, 3.05) is 6.54 Å². The molecule has 0 bridgehead atoms. The van der Waals surface area contributed by atoms with Crippen molar-refractivity contribution in [3.05, 3.63) is 35.9 Å². The fourth-order valence-corrected chi connectivity index (χ4v) is 1.73. The van der Waals surface area contributed by atoms with E-state index < -0.39 is 5.91 Å². The minimum absolute atomic E-state index is 0. The Morgan fingerprint density at radius 1 is 1.25 bits per heavy atom. The van der Waals surface area contributed by atoms with E-state index in [1.54, 1.807) is 0 Å². The van der Waals surface area contributed by atoms with Crippen LogP contribution in [-0.2, 0) is 16.1 Å². The van der Waals surface area contributed by atoms with Crippen LogP contribution < -0.4 is 11.5 Å². The van der Waals surface area contributed by atoms with Crippen LogP contribution in [0, 0.1) is 0 Å². The SMILES string of the molecule is CC(N)CCC(=O)N(CC(N)=O)Cc1ccccc1.Cl. The molecule has 0 aliphatic heterocycles. The molecule has 6 heteroatoms. The van der Waals surface area contributed by atoms with Crippen molar-refractivity contribution in [1.82, 2.24) is 4.90 Å². The Bertz CT molecular complexity index is 424. The molecule has 20 heavy (non-hydrogen) atoms. The molecular weight excluding hydrogens is 278 g/mol. The molecule has 0 heterocycles. The first-order chi connectivity index (χ1) is 8.99. The maximum absolute atomic E-state index is 12.1. The van der Waals surface area contributed by atoms with Gasteiger partial charge in [-0.05, 0) is 18.9 Å². The number of carbonyl (C=O) groups excluding carboxylic acids is 2. The Hall–Kier alpha value is -1.59. The number of amides is 2. The van der Waals surface area contributed by atoms with Gasteiger partial charge in [-0.3, -0.25) is 9.59 Å². The molecule has 1 rings (SSSR count). The zero-order valence-electron chi connectivity index (χ0n) is 11.6. The normalized spacial score (nSPS) is 11.3. The summed E-state index contributed by atoms with van der Waals surface area (Å²) in [6.07, 6.45) is 0.931. The summed E-state index contributed by atoms with van der Waals surface area (Å²) in [7, 11) is 0. The summed E-state index contributed by atoms with van der Waals surface area (Å²) in [5.41, 5.74) is 11.8. The number of hydrogen-bond donors (Lipinski definition) is 2.